The average Bonchev–Trinajstić information content (AvgIpc) is 3.48. The van der Waals surface area contributed by atoms with Crippen LogP contribution in [0.2, 0.25) is 0 Å². The van der Waals surface area contributed by atoms with E-state index in [0.29, 0.717) is 11.4 Å². The van der Waals surface area contributed by atoms with Gasteiger partial charge >= 0.3 is 0 Å². The van der Waals surface area contributed by atoms with E-state index in [-0.39, 0.29) is 23.4 Å². The largest absolute Gasteiger partial charge is 0.497 e. The van der Waals surface area contributed by atoms with Gasteiger partial charge in [-0.25, -0.2) is 8.42 Å². The van der Waals surface area contributed by atoms with Gasteiger partial charge in [0, 0.05) is 12.6 Å². The summed E-state index contributed by atoms with van der Waals surface area (Å²) < 4.78 is 34.2. The van der Waals surface area contributed by atoms with Gasteiger partial charge in [-0.15, -0.1) is 0 Å². The molecule has 3 aromatic carbocycles. The first-order valence-corrected chi connectivity index (χ1v) is 15.4. The lowest BCUT2D eigenvalue weighted by Gasteiger charge is -2.32. The zero-order valence-corrected chi connectivity index (χ0v) is 25.0. The van der Waals surface area contributed by atoms with Crippen LogP contribution in [-0.2, 0) is 26.2 Å². The SMILES string of the molecule is COc1ccc(N(CC(=O)N(Cc2ccc(C)cc2)[C@@H](C)C(=O)NC2CCCC2)S(=O)(=O)c2ccc(C)cc2)cc1. The molecule has 1 saturated carbocycles. The van der Waals surface area contributed by atoms with E-state index in [9.17, 15) is 18.0 Å². The number of hydrogen-bond acceptors (Lipinski definition) is 5. The van der Waals surface area contributed by atoms with Crippen LogP contribution >= 0.6 is 0 Å². The molecular formula is C32H39N3O5S. The molecule has 0 bridgehead atoms. The number of carbonyl (C=O) groups excluding carboxylic acids is 2. The minimum atomic E-state index is -4.12. The van der Waals surface area contributed by atoms with Crippen molar-refractivity contribution in [1.29, 1.82) is 0 Å². The number of benzene rings is 3. The Hall–Kier alpha value is -3.85. The topological polar surface area (TPSA) is 96.0 Å². The van der Waals surface area contributed by atoms with Crippen LogP contribution in [0.25, 0.3) is 0 Å². The highest BCUT2D eigenvalue weighted by molar-refractivity contribution is 7.92. The monoisotopic (exact) mass is 577 g/mol. The quantitative estimate of drug-likeness (QED) is 0.347. The zero-order valence-electron chi connectivity index (χ0n) is 24.2. The molecule has 0 saturated heterocycles. The Balaban J connectivity index is 1.68. The van der Waals surface area contributed by atoms with Crippen LogP contribution in [0.5, 0.6) is 5.75 Å². The number of nitrogens with zero attached hydrogens (tertiary/aromatic N) is 2. The second kappa shape index (κ2) is 13.2. The van der Waals surface area contributed by atoms with Crippen molar-refractivity contribution in [2.75, 3.05) is 18.0 Å². The van der Waals surface area contributed by atoms with Crippen molar-refractivity contribution in [3.05, 3.63) is 89.5 Å². The van der Waals surface area contributed by atoms with E-state index in [1.165, 1.54) is 24.1 Å². The summed E-state index contributed by atoms with van der Waals surface area (Å²) in [5, 5.41) is 3.09. The summed E-state index contributed by atoms with van der Waals surface area (Å²) in [4.78, 5) is 28.9. The first-order valence-electron chi connectivity index (χ1n) is 14.0. The normalized spacial score (nSPS) is 14.3. The number of methoxy groups -OCH3 is 1. The summed E-state index contributed by atoms with van der Waals surface area (Å²) in [6.45, 7) is 5.24. The van der Waals surface area contributed by atoms with Gasteiger partial charge in [-0.1, -0.05) is 60.4 Å². The Morgan fingerprint density at radius 1 is 0.902 bits per heavy atom. The van der Waals surface area contributed by atoms with E-state index in [1.807, 2.05) is 38.1 Å². The first-order chi connectivity index (χ1) is 19.6. The number of ether oxygens (including phenoxy) is 1. The predicted octanol–water partition coefficient (Wildman–Crippen LogP) is 4.98. The molecule has 0 unspecified atom stereocenters. The molecule has 41 heavy (non-hydrogen) atoms. The van der Waals surface area contributed by atoms with Gasteiger partial charge in [-0.3, -0.25) is 13.9 Å². The molecular weight excluding hydrogens is 538 g/mol. The Labute approximate surface area is 243 Å². The molecule has 1 aliphatic rings. The number of hydrogen-bond donors (Lipinski definition) is 1. The van der Waals surface area contributed by atoms with Gasteiger partial charge in [-0.2, -0.15) is 0 Å². The third kappa shape index (κ3) is 7.47. The number of carbonyl (C=O) groups is 2. The van der Waals surface area contributed by atoms with Crippen LogP contribution in [0.3, 0.4) is 0 Å². The van der Waals surface area contributed by atoms with Crippen molar-refractivity contribution in [2.24, 2.45) is 0 Å². The van der Waals surface area contributed by atoms with Gasteiger partial charge < -0.3 is 15.0 Å². The maximum absolute atomic E-state index is 14.1. The molecule has 1 fully saturated rings. The van der Waals surface area contributed by atoms with Gasteiger partial charge in [0.15, 0.2) is 0 Å². The van der Waals surface area contributed by atoms with E-state index < -0.39 is 28.5 Å². The van der Waals surface area contributed by atoms with Gasteiger partial charge in [-0.05, 0) is 75.6 Å². The van der Waals surface area contributed by atoms with Crippen LogP contribution in [-0.4, -0.2) is 50.9 Å². The van der Waals surface area contributed by atoms with E-state index in [4.69, 9.17) is 4.74 Å². The third-order valence-electron chi connectivity index (χ3n) is 7.59. The Morgan fingerprint density at radius 2 is 1.46 bits per heavy atom. The summed E-state index contributed by atoms with van der Waals surface area (Å²) in [6, 6.07) is 20.1. The van der Waals surface area contributed by atoms with Crippen molar-refractivity contribution >= 4 is 27.5 Å². The Bertz CT molecular complexity index is 1430. The summed E-state index contributed by atoms with van der Waals surface area (Å²) in [5.74, 6) is -0.160. The lowest BCUT2D eigenvalue weighted by molar-refractivity contribution is -0.139. The summed E-state index contributed by atoms with van der Waals surface area (Å²) in [6.07, 6.45) is 3.98. The molecule has 4 rings (SSSR count). The molecule has 0 spiro atoms. The van der Waals surface area contributed by atoms with Gasteiger partial charge in [0.05, 0.1) is 17.7 Å². The Kier molecular flexibility index (Phi) is 9.70. The minimum Gasteiger partial charge on any atom is -0.497 e. The highest BCUT2D eigenvalue weighted by atomic mass is 32.2. The minimum absolute atomic E-state index is 0.0730. The first kappa shape index (κ1) is 30.1. The molecule has 8 nitrogen and oxygen atoms in total. The predicted molar refractivity (Wildman–Crippen MR) is 160 cm³/mol. The maximum atomic E-state index is 14.1. The lowest BCUT2D eigenvalue weighted by atomic mass is 10.1. The van der Waals surface area contributed by atoms with Crippen molar-refractivity contribution < 1.29 is 22.7 Å². The number of amides is 2. The zero-order chi connectivity index (χ0) is 29.6. The fourth-order valence-corrected chi connectivity index (χ4v) is 6.39. The standard InChI is InChI=1S/C32H39N3O5S/c1-23-9-13-26(14-10-23)21-34(25(3)32(37)33-27-7-5-6-8-27)31(36)22-35(28-15-17-29(40-4)18-16-28)41(38,39)30-19-11-24(2)12-20-30/h9-20,25,27H,5-8,21-22H2,1-4H3,(H,33,37)/t25-/m0/s1. The van der Waals surface area contributed by atoms with Gasteiger partial charge in [0.1, 0.15) is 18.3 Å². The number of sulfonamides is 1. The van der Waals surface area contributed by atoms with E-state index >= 15 is 0 Å². The summed E-state index contributed by atoms with van der Waals surface area (Å²) >= 11 is 0. The van der Waals surface area contributed by atoms with E-state index in [2.05, 4.69) is 5.32 Å². The van der Waals surface area contributed by atoms with Gasteiger partial charge in [0.25, 0.3) is 10.0 Å². The molecule has 0 radical (unpaired) electrons. The van der Waals surface area contributed by atoms with E-state index in [1.54, 1.807) is 43.3 Å². The maximum Gasteiger partial charge on any atom is 0.264 e. The highest BCUT2D eigenvalue weighted by Crippen LogP contribution is 2.27. The molecule has 0 aliphatic heterocycles. The number of anilines is 1. The summed E-state index contributed by atoms with van der Waals surface area (Å²) in [7, 11) is -2.59. The molecule has 9 heteroatoms. The number of aryl methyl sites for hydroxylation is 2. The van der Waals surface area contributed by atoms with Crippen LogP contribution in [0.1, 0.15) is 49.3 Å². The molecule has 1 aliphatic carbocycles. The van der Waals surface area contributed by atoms with Crippen LogP contribution in [0.4, 0.5) is 5.69 Å². The fraction of sp³-hybridized carbons (Fsp3) is 0.375. The average molecular weight is 578 g/mol. The molecule has 2 amide bonds. The third-order valence-corrected chi connectivity index (χ3v) is 9.38. The molecule has 0 aromatic heterocycles. The number of nitrogens with one attached hydrogen (secondary N) is 1. The van der Waals surface area contributed by atoms with Crippen LogP contribution in [0, 0.1) is 13.8 Å². The van der Waals surface area contributed by atoms with Crippen molar-refractivity contribution in [3.8, 4) is 5.75 Å². The second-order valence-corrected chi connectivity index (χ2v) is 12.6. The molecule has 1 N–H and O–H groups in total. The fourth-order valence-electron chi connectivity index (χ4n) is 4.98. The highest BCUT2D eigenvalue weighted by Gasteiger charge is 2.33. The van der Waals surface area contributed by atoms with Crippen molar-refractivity contribution in [3.63, 3.8) is 0 Å². The second-order valence-electron chi connectivity index (χ2n) is 10.7. The molecule has 1 atom stereocenters. The van der Waals surface area contributed by atoms with Crippen molar-refractivity contribution in [2.45, 2.75) is 70.0 Å². The number of rotatable bonds is 11. The van der Waals surface area contributed by atoms with Gasteiger partial charge in [0.2, 0.25) is 11.8 Å². The lowest BCUT2D eigenvalue weighted by Crippen LogP contribution is -2.52. The summed E-state index contributed by atoms with van der Waals surface area (Å²) in [5.41, 5.74) is 3.16. The van der Waals surface area contributed by atoms with Crippen molar-refractivity contribution in [1.82, 2.24) is 10.2 Å². The van der Waals surface area contributed by atoms with Crippen LogP contribution in [0.15, 0.2) is 77.7 Å². The van der Waals surface area contributed by atoms with Crippen LogP contribution < -0.4 is 14.4 Å². The molecule has 0 heterocycles. The Morgan fingerprint density at radius 3 is 2.02 bits per heavy atom. The molecule has 3 aromatic rings. The molecule has 218 valence electrons. The smallest absolute Gasteiger partial charge is 0.264 e. The van der Waals surface area contributed by atoms with E-state index in [0.717, 1.165) is 46.7 Å².